The van der Waals surface area contributed by atoms with E-state index in [1.54, 1.807) is 43.4 Å². The highest BCUT2D eigenvalue weighted by Gasteiger charge is 2.08. The summed E-state index contributed by atoms with van der Waals surface area (Å²) in [6.07, 6.45) is 0. The first-order chi connectivity index (χ1) is 11.0. The van der Waals surface area contributed by atoms with Crippen molar-refractivity contribution in [2.24, 2.45) is 0 Å². The van der Waals surface area contributed by atoms with Crippen LogP contribution in [0.1, 0.15) is 10.4 Å². The molecule has 2 N–H and O–H groups in total. The molecule has 0 bridgehead atoms. The SMILES string of the molecule is CNC(=O)c1ccc(NC(=O)COc2cc(Cl)ccc2Cl)cc1. The Labute approximate surface area is 143 Å². The number of hydrogen-bond acceptors (Lipinski definition) is 3. The molecule has 0 heterocycles. The second-order valence-corrected chi connectivity index (χ2v) is 5.41. The third-order valence-electron chi connectivity index (χ3n) is 2.91. The fourth-order valence-electron chi connectivity index (χ4n) is 1.78. The second kappa shape index (κ2) is 7.85. The Morgan fingerprint density at radius 1 is 1.09 bits per heavy atom. The highest BCUT2D eigenvalue weighted by molar-refractivity contribution is 6.34. The molecule has 23 heavy (non-hydrogen) atoms. The minimum Gasteiger partial charge on any atom is -0.482 e. The molecule has 0 radical (unpaired) electrons. The Morgan fingerprint density at radius 3 is 2.43 bits per heavy atom. The maximum Gasteiger partial charge on any atom is 0.262 e. The number of hydrogen-bond donors (Lipinski definition) is 2. The lowest BCUT2D eigenvalue weighted by molar-refractivity contribution is -0.118. The smallest absolute Gasteiger partial charge is 0.262 e. The van der Waals surface area contributed by atoms with Crippen LogP contribution in [0.5, 0.6) is 5.75 Å². The van der Waals surface area contributed by atoms with Crippen molar-refractivity contribution in [3.8, 4) is 5.75 Å². The summed E-state index contributed by atoms with van der Waals surface area (Å²) < 4.78 is 5.34. The van der Waals surface area contributed by atoms with Gasteiger partial charge < -0.3 is 15.4 Å². The largest absolute Gasteiger partial charge is 0.482 e. The molecule has 0 saturated carbocycles. The van der Waals surface area contributed by atoms with Gasteiger partial charge in [-0.3, -0.25) is 9.59 Å². The summed E-state index contributed by atoms with van der Waals surface area (Å²) in [5.41, 5.74) is 1.07. The number of benzene rings is 2. The van der Waals surface area contributed by atoms with E-state index in [2.05, 4.69) is 10.6 Å². The first-order valence-corrected chi connectivity index (χ1v) is 7.45. The van der Waals surface area contributed by atoms with E-state index in [9.17, 15) is 9.59 Å². The number of ether oxygens (including phenoxy) is 1. The molecular weight excluding hydrogens is 339 g/mol. The van der Waals surface area contributed by atoms with Crippen LogP contribution in [0.4, 0.5) is 5.69 Å². The van der Waals surface area contributed by atoms with Crippen LogP contribution in [0.2, 0.25) is 10.0 Å². The van der Waals surface area contributed by atoms with Gasteiger partial charge in [-0.25, -0.2) is 0 Å². The van der Waals surface area contributed by atoms with E-state index in [0.29, 0.717) is 27.0 Å². The van der Waals surface area contributed by atoms with Crippen LogP contribution in [-0.2, 0) is 4.79 Å². The summed E-state index contributed by atoms with van der Waals surface area (Å²) >= 11 is 11.8. The van der Waals surface area contributed by atoms with Crippen LogP contribution in [0.15, 0.2) is 42.5 Å². The zero-order chi connectivity index (χ0) is 16.8. The molecular formula is C16H14Cl2N2O3. The van der Waals surface area contributed by atoms with E-state index < -0.39 is 0 Å². The lowest BCUT2D eigenvalue weighted by Gasteiger charge is -2.09. The van der Waals surface area contributed by atoms with Gasteiger partial charge in [0.15, 0.2) is 6.61 Å². The first kappa shape index (κ1) is 17.1. The molecule has 0 atom stereocenters. The molecule has 0 spiro atoms. The normalized spacial score (nSPS) is 10.0. The summed E-state index contributed by atoms with van der Waals surface area (Å²) in [6, 6.07) is 11.3. The van der Waals surface area contributed by atoms with Crippen molar-refractivity contribution < 1.29 is 14.3 Å². The highest BCUT2D eigenvalue weighted by Crippen LogP contribution is 2.27. The van der Waals surface area contributed by atoms with Crippen molar-refractivity contribution in [1.82, 2.24) is 5.32 Å². The molecule has 0 aromatic heterocycles. The molecule has 5 nitrogen and oxygen atoms in total. The molecule has 0 aliphatic rings. The minimum atomic E-state index is -0.353. The van der Waals surface area contributed by atoms with Gasteiger partial charge in [0.1, 0.15) is 5.75 Å². The summed E-state index contributed by atoms with van der Waals surface area (Å²) in [7, 11) is 1.55. The monoisotopic (exact) mass is 352 g/mol. The Kier molecular flexibility index (Phi) is 5.84. The Bertz CT molecular complexity index is 718. The third-order valence-corrected chi connectivity index (χ3v) is 3.46. The molecule has 0 fully saturated rings. The topological polar surface area (TPSA) is 67.4 Å². The molecule has 0 unspecified atom stereocenters. The molecule has 0 aliphatic heterocycles. The van der Waals surface area contributed by atoms with Gasteiger partial charge >= 0.3 is 0 Å². The number of carbonyl (C=O) groups is 2. The fraction of sp³-hybridized carbons (Fsp3) is 0.125. The quantitative estimate of drug-likeness (QED) is 0.866. The van der Waals surface area contributed by atoms with Gasteiger partial charge in [0.2, 0.25) is 0 Å². The van der Waals surface area contributed by atoms with E-state index in [1.807, 2.05) is 0 Å². The Hall–Kier alpha value is -2.24. The molecule has 2 rings (SSSR count). The van der Waals surface area contributed by atoms with Gasteiger partial charge in [-0.15, -0.1) is 0 Å². The van der Waals surface area contributed by atoms with E-state index in [1.165, 1.54) is 6.07 Å². The maximum absolute atomic E-state index is 11.9. The van der Waals surface area contributed by atoms with Crippen LogP contribution in [0.25, 0.3) is 0 Å². The number of carbonyl (C=O) groups excluding carboxylic acids is 2. The number of amides is 2. The van der Waals surface area contributed by atoms with Crippen LogP contribution >= 0.6 is 23.2 Å². The molecule has 2 aromatic carbocycles. The van der Waals surface area contributed by atoms with Gasteiger partial charge in [0.25, 0.3) is 11.8 Å². The van der Waals surface area contributed by atoms with Crippen molar-refractivity contribution >= 4 is 40.7 Å². The summed E-state index contributed by atoms with van der Waals surface area (Å²) in [6.45, 7) is -0.211. The number of halogens is 2. The zero-order valence-corrected chi connectivity index (χ0v) is 13.7. The van der Waals surface area contributed by atoms with Crippen molar-refractivity contribution in [3.05, 3.63) is 58.1 Å². The van der Waals surface area contributed by atoms with E-state index >= 15 is 0 Å². The second-order valence-electron chi connectivity index (χ2n) is 4.57. The van der Waals surface area contributed by atoms with Gasteiger partial charge in [-0.1, -0.05) is 23.2 Å². The number of rotatable bonds is 5. The third kappa shape index (κ3) is 4.87. The lowest BCUT2D eigenvalue weighted by Crippen LogP contribution is -2.20. The summed E-state index contributed by atoms with van der Waals surface area (Å²) in [4.78, 5) is 23.3. The number of nitrogens with one attached hydrogen (secondary N) is 2. The average Bonchev–Trinajstić information content (AvgIpc) is 2.55. The molecule has 2 aromatic rings. The predicted molar refractivity (Wildman–Crippen MR) is 90.4 cm³/mol. The summed E-state index contributed by atoms with van der Waals surface area (Å²) in [5, 5.41) is 6.02. The predicted octanol–water partition coefficient (Wildman–Crippen LogP) is 3.37. The molecule has 0 aliphatic carbocycles. The van der Waals surface area contributed by atoms with Crippen molar-refractivity contribution in [3.63, 3.8) is 0 Å². The minimum absolute atomic E-state index is 0.193. The van der Waals surface area contributed by atoms with Gasteiger partial charge in [-0.05, 0) is 36.4 Å². The fourth-order valence-corrected chi connectivity index (χ4v) is 2.11. The zero-order valence-electron chi connectivity index (χ0n) is 12.2. The van der Waals surface area contributed by atoms with Gasteiger partial charge in [0.05, 0.1) is 5.02 Å². The first-order valence-electron chi connectivity index (χ1n) is 6.69. The van der Waals surface area contributed by atoms with E-state index in [0.717, 1.165) is 0 Å². The highest BCUT2D eigenvalue weighted by atomic mass is 35.5. The molecule has 120 valence electrons. The van der Waals surface area contributed by atoms with Crippen LogP contribution < -0.4 is 15.4 Å². The molecule has 7 heteroatoms. The van der Waals surface area contributed by atoms with Crippen molar-refractivity contribution in [2.75, 3.05) is 19.0 Å². The lowest BCUT2D eigenvalue weighted by atomic mass is 10.2. The van der Waals surface area contributed by atoms with Crippen molar-refractivity contribution in [2.45, 2.75) is 0 Å². The Balaban J connectivity index is 1.92. The van der Waals surface area contributed by atoms with Crippen LogP contribution in [0.3, 0.4) is 0 Å². The van der Waals surface area contributed by atoms with Crippen molar-refractivity contribution in [1.29, 1.82) is 0 Å². The summed E-state index contributed by atoms with van der Waals surface area (Å²) in [5.74, 6) is -0.208. The van der Waals surface area contributed by atoms with Gasteiger partial charge in [-0.2, -0.15) is 0 Å². The van der Waals surface area contributed by atoms with Crippen LogP contribution in [-0.4, -0.2) is 25.5 Å². The van der Waals surface area contributed by atoms with E-state index in [4.69, 9.17) is 27.9 Å². The standard InChI is InChI=1S/C16H14Cl2N2O3/c1-19-16(22)10-2-5-12(6-3-10)20-15(21)9-23-14-8-11(17)4-7-13(14)18/h2-8H,9H2,1H3,(H,19,22)(H,20,21). The molecule has 0 saturated heterocycles. The van der Waals surface area contributed by atoms with Crippen LogP contribution in [0, 0.1) is 0 Å². The Morgan fingerprint density at radius 2 is 1.78 bits per heavy atom. The number of anilines is 1. The van der Waals surface area contributed by atoms with E-state index in [-0.39, 0.29) is 18.4 Å². The van der Waals surface area contributed by atoms with Gasteiger partial charge in [0, 0.05) is 29.4 Å². The maximum atomic E-state index is 11.9. The molecule has 2 amide bonds. The average molecular weight is 353 g/mol.